The monoisotopic (exact) mass is 354 g/mol. The molecule has 0 aromatic heterocycles. The zero-order valence-corrected chi connectivity index (χ0v) is 12.8. The van der Waals surface area contributed by atoms with E-state index in [4.69, 9.17) is 5.73 Å². The number of benzene rings is 2. The van der Waals surface area contributed by atoms with Gasteiger partial charge in [0.15, 0.2) is 0 Å². The van der Waals surface area contributed by atoms with Crippen LogP contribution in [0.5, 0.6) is 0 Å². The van der Waals surface area contributed by atoms with Crippen molar-refractivity contribution in [1.29, 1.82) is 0 Å². The Kier molecular flexibility index (Phi) is 5.03. The van der Waals surface area contributed by atoms with Crippen molar-refractivity contribution in [3.8, 4) is 0 Å². The zero-order chi connectivity index (χ0) is 14.5. The molecule has 6 heteroatoms. The lowest BCUT2D eigenvalue weighted by Gasteiger charge is -2.07. The van der Waals surface area contributed by atoms with Crippen LogP contribution in [0, 0.1) is 5.82 Å². The Morgan fingerprint density at radius 2 is 2.10 bits per heavy atom. The number of halogens is 2. The first-order valence-electron chi connectivity index (χ1n) is 5.78. The van der Waals surface area contributed by atoms with E-state index in [2.05, 4.69) is 21.2 Å². The van der Waals surface area contributed by atoms with Gasteiger partial charge in [0.25, 0.3) is 0 Å². The number of anilines is 2. The second-order valence-corrected chi connectivity index (χ2v) is 5.96. The number of thioether (sulfide) groups is 1. The van der Waals surface area contributed by atoms with E-state index in [-0.39, 0.29) is 17.5 Å². The van der Waals surface area contributed by atoms with Crippen molar-refractivity contribution in [2.24, 2.45) is 0 Å². The van der Waals surface area contributed by atoms with Gasteiger partial charge in [-0.2, -0.15) is 0 Å². The van der Waals surface area contributed by atoms with Gasteiger partial charge in [-0.3, -0.25) is 4.79 Å². The number of amides is 1. The Morgan fingerprint density at radius 1 is 1.30 bits per heavy atom. The Morgan fingerprint density at radius 3 is 2.85 bits per heavy atom. The number of carbonyl (C=O) groups excluding carboxylic acids is 1. The van der Waals surface area contributed by atoms with Crippen LogP contribution in [0.4, 0.5) is 15.8 Å². The molecule has 0 heterocycles. The fourth-order valence-electron chi connectivity index (χ4n) is 1.54. The molecule has 0 atom stereocenters. The quantitative estimate of drug-likeness (QED) is 0.646. The molecule has 104 valence electrons. The first-order valence-corrected chi connectivity index (χ1v) is 7.56. The molecule has 3 N–H and O–H groups in total. The third-order valence-electron chi connectivity index (χ3n) is 2.44. The van der Waals surface area contributed by atoms with Crippen LogP contribution in [-0.2, 0) is 4.79 Å². The van der Waals surface area contributed by atoms with E-state index >= 15 is 0 Å². The van der Waals surface area contributed by atoms with E-state index < -0.39 is 0 Å². The molecular weight excluding hydrogens is 343 g/mol. The van der Waals surface area contributed by atoms with E-state index in [1.165, 1.54) is 30.0 Å². The lowest BCUT2D eigenvalue weighted by atomic mass is 10.3. The maximum atomic E-state index is 13.1. The molecule has 0 unspecified atom stereocenters. The minimum Gasteiger partial charge on any atom is -0.398 e. The van der Waals surface area contributed by atoms with Gasteiger partial charge in [0.1, 0.15) is 5.82 Å². The van der Waals surface area contributed by atoms with Crippen molar-refractivity contribution in [2.75, 3.05) is 16.8 Å². The summed E-state index contributed by atoms with van der Waals surface area (Å²) in [6, 6.07) is 11.4. The normalized spacial score (nSPS) is 10.3. The van der Waals surface area contributed by atoms with Crippen molar-refractivity contribution in [3.05, 3.63) is 52.8 Å². The lowest BCUT2D eigenvalue weighted by molar-refractivity contribution is -0.113. The zero-order valence-electron chi connectivity index (χ0n) is 10.4. The van der Waals surface area contributed by atoms with Crippen LogP contribution in [-0.4, -0.2) is 11.7 Å². The van der Waals surface area contributed by atoms with Crippen LogP contribution in [0.3, 0.4) is 0 Å². The van der Waals surface area contributed by atoms with Crippen LogP contribution in [0.25, 0.3) is 0 Å². The van der Waals surface area contributed by atoms with Gasteiger partial charge in [-0.05, 0) is 36.4 Å². The minimum absolute atomic E-state index is 0.167. The summed E-state index contributed by atoms with van der Waals surface area (Å²) in [6.45, 7) is 0. The number of hydrogen-bond donors (Lipinski definition) is 2. The van der Waals surface area contributed by atoms with Crippen LogP contribution in [0.15, 0.2) is 51.8 Å². The summed E-state index contributed by atoms with van der Waals surface area (Å²) in [5, 5.41) is 2.76. The molecule has 0 bridgehead atoms. The van der Waals surface area contributed by atoms with E-state index in [1.54, 1.807) is 12.1 Å². The van der Waals surface area contributed by atoms with Crippen LogP contribution in [0.2, 0.25) is 0 Å². The van der Waals surface area contributed by atoms with Crippen molar-refractivity contribution in [2.45, 2.75) is 4.90 Å². The third kappa shape index (κ3) is 4.25. The predicted octanol–water partition coefficient (Wildman–Crippen LogP) is 3.90. The fraction of sp³-hybridized carbons (Fsp3) is 0.0714. The van der Waals surface area contributed by atoms with Crippen LogP contribution in [0.1, 0.15) is 0 Å². The van der Waals surface area contributed by atoms with Crippen molar-refractivity contribution in [1.82, 2.24) is 0 Å². The summed E-state index contributed by atoms with van der Waals surface area (Å²) < 4.78 is 14.0. The Hall–Kier alpha value is -1.53. The second-order valence-electron chi connectivity index (χ2n) is 4.03. The number of nitrogens with one attached hydrogen (secondary N) is 1. The van der Waals surface area contributed by atoms with E-state index in [0.717, 1.165) is 4.47 Å². The van der Waals surface area contributed by atoms with E-state index in [9.17, 15) is 9.18 Å². The van der Waals surface area contributed by atoms with Crippen molar-refractivity contribution < 1.29 is 9.18 Å². The topological polar surface area (TPSA) is 55.1 Å². The standard InChI is InChI=1S/C14H12BrFN2OS/c15-9-2-1-3-11(6-9)18-14(19)8-20-13-7-10(16)4-5-12(13)17/h1-7H,8,17H2,(H,18,19). The van der Waals surface area contributed by atoms with Crippen molar-refractivity contribution >= 4 is 45.0 Å². The van der Waals surface area contributed by atoms with Crippen LogP contribution >= 0.6 is 27.7 Å². The van der Waals surface area contributed by atoms with Gasteiger partial charge >= 0.3 is 0 Å². The molecule has 20 heavy (non-hydrogen) atoms. The average Bonchev–Trinajstić information content (AvgIpc) is 2.40. The minimum atomic E-state index is -0.367. The summed E-state index contributed by atoms with van der Waals surface area (Å²) in [5.74, 6) is -0.369. The molecule has 0 aliphatic heterocycles. The van der Waals surface area contributed by atoms with Gasteiger partial charge in [0.05, 0.1) is 5.75 Å². The number of carbonyl (C=O) groups is 1. The van der Waals surface area contributed by atoms with Gasteiger partial charge in [-0.15, -0.1) is 11.8 Å². The molecule has 0 aliphatic rings. The summed E-state index contributed by atoms with van der Waals surface area (Å²) >= 11 is 4.53. The Balaban J connectivity index is 1.94. The maximum Gasteiger partial charge on any atom is 0.234 e. The molecule has 2 aromatic carbocycles. The first kappa shape index (κ1) is 14.9. The molecular formula is C14H12BrFN2OS. The SMILES string of the molecule is Nc1ccc(F)cc1SCC(=O)Nc1cccc(Br)c1. The summed E-state index contributed by atoms with van der Waals surface area (Å²) in [6.07, 6.45) is 0. The highest BCUT2D eigenvalue weighted by atomic mass is 79.9. The largest absolute Gasteiger partial charge is 0.398 e. The van der Waals surface area contributed by atoms with E-state index in [0.29, 0.717) is 16.3 Å². The van der Waals surface area contributed by atoms with Gasteiger partial charge < -0.3 is 11.1 Å². The smallest absolute Gasteiger partial charge is 0.234 e. The first-order chi connectivity index (χ1) is 9.54. The summed E-state index contributed by atoms with van der Waals surface area (Å²) in [4.78, 5) is 12.4. The molecule has 0 saturated carbocycles. The molecule has 0 radical (unpaired) electrons. The second kappa shape index (κ2) is 6.76. The molecule has 0 fully saturated rings. The highest BCUT2D eigenvalue weighted by Gasteiger charge is 2.07. The highest BCUT2D eigenvalue weighted by Crippen LogP contribution is 2.26. The van der Waals surface area contributed by atoms with E-state index in [1.807, 2.05) is 12.1 Å². The van der Waals surface area contributed by atoms with Crippen LogP contribution < -0.4 is 11.1 Å². The Bertz CT molecular complexity index is 636. The van der Waals surface area contributed by atoms with Gasteiger partial charge in [0, 0.05) is 20.7 Å². The Labute approximate surface area is 128 Å². The van der Waals surface area contributed by atoms with Crippen molar-refractivity contribution in [3.63, 3.8) is 0 Å². The fourth-order valence-corrected chi connectivity index (χ4v) is 2.73. The number of nitrogens with two attached hydrogens (primary N) is 1. The molecule has 2 aromatic rings. The highest BCUT2D eigenvalue weighted by molar-refractivity contribution is 9.10. The predicted molar refractivity (Wildman–Crippen MR) is 84.3 cm³/mol. The molecule has 0 aliphatic carbocycles. The molecule has 0 spiro atoms. The molecule has 3 nitrogen and oxygen atoms in total. The molecule has 2 rings (SSSR count). The number of rotatable bonds is 4. The number of hydrogen-bond acceptors (Lipinski definition) is 3. The molecule has 0 saturated heterocycles. The van der Waals surface area contributed by atoms with Gasteiger partial charge in [0.2, 0.25) is 5.91 Å². The average molecular weight is 355 g/mol. The maximum absolute atomic E-state index is 13.1. The van der Waals surface area contributed by atoms with Gasteiger partial charge in [-0.25, -0.2) is 4.39 Å². The lowest BCUT2D eigenvalue weighted by Crippen LogP contribution is -2.14. The summed E-state index contributed by atoms with van der Waals surface area (Å²) in [7, 11) is 0. The summed E-state index contributed by atoms with van der Waals surface area (Å²) in [5.41, 5.74) is 6.89. The number of nitrogen functional groups attached to an aromatic ring is 1. The molecule has 1 amide bonds. The van der Waals surface area contributed by atoms with Gasteiger partial charge in [-0.1, -0.05) is 22.0 Å². The third-order valence-corrected chi connectivity index (χ3v) is 4.01.